The van der Waals surface area contributed by atoms with Crippen LogP contribution in [-0.2, 0) is 35.2 Å². The van der Waals surface area contributed by atoms with Crippen molar-refractivity contribution in [2.45, 2.75) is 90.9 Å². The smallest absolute Gasteiger partial charge is 0.290 e. The molecule has 5 atom stereocenters. The predicted molar refractivity (Wildman–Crippen MR) is 166 cm³/mol. The maximum atomic E-state index is 13.5. The number of primary amides is 1. The van der Waals surface area contributed by atoms with Crippen LogP contribution < -0.4 is 38.1 Å². The topological polar surface area (TPSA) is 238 Å². The van der Waals surface area contributed by atoms with Crippen LogP contribution in [0.15, 0.2) is 30.3 Å². The fraction of sp³-hybridized carbons (Fsp3) is 0.567. The highest BCUT2D eigenvalue weighted by Gasteiger charge is 2.35. The van der Waals surface area contributed by atoms with Crippen molar-refractivity contribution in [2.75, 3.05) is 6.54 Å². The molecule has 0 radical (unpaired) electrons. The van der Waals surface area contributed by atoms with Crippen molar-refractivity contribution in [1.29, 1.82) is 5.41 Å². The van der Waals surface area contributed by atoms with Crippen LogP contribution in [0.3, 0.4) is 0 Å². The fourth-order valence-electron chi connectivity index (χ4n) is 4.42. The Morgan fingerprint density at radius 2 is 1.45 bits per heavy atom. The zero-order valence-electron chi connectivity index (χ0n) is 26.2. The van der Waals surface area contributed by atoms with E-state index < -0.39 is 65.4 Å². The van der Waals surface area contributed by atoms with Gasteiger partial charge in [0.05, 0.1) is 6.04 Å². The number of Topliss-reactive ketones (excluding diaryl/α,β-unsaturated/α-hetero) is 1. The first-order chi connectivity index (χ1) is 20.7. The van der Waals surface area contributed by atoms with Crippen molar-refractivity contribution in [3.8, 4) is 0 Å². The summed E-state index contributed by atoms with van der Waals surface area (Å²) in [5, 5.41) is 20.1. The van der Waals surface area contributed by atoms with Gasteiger partial charge in [0.2, 0.25) is 29.4 Å². The second kappa shape index (κ2) is 18.9. The van der Waals surface area contributed by atoms with Crippen molar-refractivity contribution in [2.24, 2.45) is 23.3 Å². The van der Waals surface area contributed by atoms with Gasteiger partial charge in [0, 0.05) is 19.9 Å². The number of nitrogens with one attached hydrogen (secondary N) is 6. The van der Waals surface area contributed by atoms with E-state index in [1.54, 1.807) is 13.8 Å². The Balaban J connectivity index is 3.10. The van der Waals surface area contributed by atoms with Crippen molar-refractivity contribution in [1.82, 2.24) is 26.6 Å². The third-order valence-corrected chi connectivity index (χ3v) is 6.97. The molecule has 0 aromatic heterocycles. The van der Waals surface area contributed by atoms with Crippen LogP contribution in [0.5, 0.6) is 0 Å². The van der Waals surface area contributed by atoms with Crippen LogP contribution in [0, 0.1) is 17.2 Å². The number of rotatable bonds is 19. The molecule has 1 aromatic rings. The van der Waals surface area contributed by atoms with Gasteiger partial charge in [0.15, 0.2) is 5.96 Å². The third kappa shape index (κ3) is 13.7. The van der Waals surface area contributed by atoms with E-state index >= 15 is 0 Å². The Labute approximate surface area is 258 Å². The molecule has 0 saturated carbocycles. The lowest BCUT2D eigenvalue weighted by Gasteiger charge is -2.28. The Hall–Kier alpha value is -4.49. The lowest BCUT2D eigenvalue weighted by molar-refractivity contribution is -0.142. The standard InChI is InChI=1S/C30H48N8O6/c1-6-18(4)24(25(40)29(44)36-21(26(31)41)13-10-14-34-30(32)33)38-28(43)22(15-17(2)3)37-27(42)23(35-19(5)39)16-20-11-8-7-9-12-20/h7-9,11-12,17-18,21-24H,6,10,13-16H2,1-5H3,(H2,31,41)(H,35,39)(H,36,44)(H,37,42)(H,38,43)(H4,32,33,34)/t18-,21?,22?,23?,24?/m0/s1. The largest absolute Gasteiger partial charge is 0.370 e. The number of carbonyl (C=O) groups is 6. The van der Waals surface area contributed by atoms with Gasteiger partial charge in [0.25, 0.3) is 5.91 Å². The number of amides is 5. The SMILES string of the molecule is CC[C@H](C)C(NC(=O)C(CC(C)C)NC(=O)C(Cc1ccccc1)NC(C)=O)C(=O)C(=O)NC(CCCNC(=N)N)C(N)=O. The summed E-state index contributed by atoms with van der Waals surface area (Å²) < 4.78 is 0. The van der Waals surface area contributed by atoms with Gasteiger partial charge in [-0.3, -0.25) is 34.2 Å². The van der Waals surface area contributed by atoms with E-state index in [1.807, 2.05) is 44.2 Å². The molecule has 244 valence electrons. The van der Waals surface area contributed by atoms with Crippen LogP contribution in [0.4, 0.5) is 0 Å². The highest BCUT2D eigenvalue weighted by Crippen LogP contribution is 2.13. The van der Waals surface area contributed by atoms with Gasteiger partial charge < -0.3 is 38.1 Å². The molecule has 0 aliphatic carbocycles. The molecule has 0 saturated heterocycles. The van der Waals surface area contributed by atoms with Crippen LogP contribution in [-0.4, -0.2) is 72.0 Å². The molecule has 14 heteroatoms. The zero-order chi connectivity index (χ0) is 33.4. The molecule has 0 fully saturated rings. The van der Waals surface area contributed by atoms with Crippen molar-refractivity contribution in [3.05, 3.63) is 35.9 Å². The van der Waals surface area contributed by atoms with Crippen LogP contribution in [0.2, 0.25) is 0 Å². The van der Waals surface area contributed by atoms with Gasteiger partial charge in [-0.15, -0.1) is 0 Å². The molecule has 1 aromatic carbocycles. The number of benzene rings is 1. The fourth-order valence-corrected chi connectivity index (χ4v) is 4.42. The van der Waals surface area contributed by atoms with Crippen LogP contribution >= 0.6 is 0 Å². The normalized spacial score (nSPS) is 14.2. The van der Waals surface area contributed by atoms with E-state index in [9.17, 15) is 28.8 Å². The first-order valence-corrected chi connectivity index (χ1v) is 14.8. The van der Waals surface area contributed by atoms with Gasteiger partial charge in [-0.25, -0.2) is 0 Å². The van der Waals surface area contributed by atoms with E-state index in [-0.39, 0.29) is 37.7 Å². The molecule has 0 aliphatic heterocycles. The van der Waals surface area contributed by atoms with Crippen LogP contribution in [0.25, 0.3) is 0 Å². The number of guanidine groups is 1. The molecule has 10 N–H and O–H groups in total. The minimum Gasteiger partial charge on any atom is -0.370 e. The van der Waals surface area contributed by atoms with E-state index in [1.165, 1.54) is 6.92 Å². The lowest BCUT2D eigenvalue weighted by Crippen LogP contribution is -2.59. The summed E-state index contributed by atoms with van der Waals surface area (Å²) in [4.78, 5) is 76.9. The van der Waals surface area contributed by atoms with Gasteiger partial charge in [-0.2, -0.15) is 0 Å². The average Bonchev–Trinajstić information content (AvgIpc) is 2.95. The minimum atomic E-state index is -1.25. The number of nitrogens with two attached hydrogens (primary N) is 2. The second-order valence-electron chi connectivity index (χ2n) is 11.3. The number of ketones is 1. The third-order valence-electron chi connectivity index (χ3n) is 6.97. The second-order valence-corrected chi connectivity index (χ2v) is 11.3. The average molecular weight is 617 g/mol. The Bertz CT molecular complexity index is 1160. The summed E-state index contributed by atoms with van der Waals surface area (Å²) >= 11 is 0. The summed E-state index contributed by atoms with van der Waals surface area (Å²) in [5.74, 6) is -5.29. The minimum absolute atomic E-state index is 0.0331. The molecule has 14 nitrogen and oxygen atoms in total. The highest BCUT2D eigenvalue weighted by molar-refractivity contribution is 6.38. The van der Waals surface area contributed by atoms with Crippen molar-refractivity contribution < 1.29 is 28.8 Å². The molecule has 44 heavy (non-hydrogen) atoms. The first kappa shape index (κ1) is 37.5. The molecular formula is C30H48N8O6. The maximum Gasteiger partial charge on any atom is 0.290 e. The highest BCUT2D eigenvalue weighted by atomic mass is 16.2. The van der Waals surface area contributed by atoms with E-state index in [0.29, 0.717) is 12.8 Å². The molecular weight excluding hydrogens is 568 g/mol. The van der Waals surface area contributed by atoms with E-state index in [4.69, 9.17) is 16.9 Å². The Kier molecular flexibility index (Phi) is 16.1. The first-order valence-electron chi connectivity index (χ1n) is 14.8. The zero-order valence-corrected chi connectivity index (χ0v) is 26.2. The summed E-state index contributed by atoms with van der Waals surface area (Å²) in [6, 6.07) is 4.67. The summed E-state index contributed by atoms with van der Waals surface area (Å²) in [7, 11) is 0. The number of carbonyl (C=O) groups excluding carboxylic acids is 6. The Morgan fingerprint density at radius 3 is 1.98 bits per heavy atom. The molecule has 0 heterocycles. The van der Waals surface area contributed by atoms with Gasteiger partial charge in [-0.1, -0.05) is 64.4 Å². The predicted octanol–water partition coefficient (Wildman–Crippen LogP) is -0.402. The summed E-state index contributed by atoms with van der Waals surface area (Å²) in [6.07, 6.45) is 1.27. The molecule has 5 amide bonds. The van der Waals surface area contributed by atoms with Crippen molar-refractivity contribution in [3.63, 3.8) is 0 Å². The quantitative estimate of drug-likeness (QED) is 0.0439. The van der Waals surface area contributed by atoms with E-state index in [2.05, 4.69) is 26.6 Å². The molecule has 0 spiro atoms. The summed E-state index contributed by atoms with van der Waals surface area (Å²) in [6.45, 7) is 8.76. The molecule has 1 rings (SSSR count). The monoisotopic (exact) mass is 616 g/mol. The molecule has 0 bridgehead atoms. The Morgan fingerprint density at radius 1 is 0.841 bits per heavy atom. The lowest BCUT2D eigenvalue weighted by atomic mass is 9.93. The van der Waals surface area contributed by atoms with E-state index in [0.717, 1.165) is 5.56 Å². The van der Waals surface area contributed by atoms with Gasteiger partial charge >= 0.3 is 0 Å². The number of hydrogen-bond acceptors (Lipinski definition) is 7. The molecule has 4 unspecified atom stereocenters. The van der Waals surface area contributed by atoms with Gasteiger partial charge in [-0.05, 0) is 36.7 Å². The van der Waals surface area contributed by atoms with Gasteiger partial charge in [0.1, 0.15) is 18.1 Å². The number of hydrogen-bond donors (Lipinski definition) is 8. The summed E-state index contributed by atoms with van der Waals surface area (Å²) in [5.41, 5.74) is 11.5. The van der Waals surface area contributed by atoms with Crippen molar-refractivity contribution >= 4 is 41.3 Å². The maximum absolute atomic E-state index is 13.5. The molecule has 0 aliphatic rings. The van der Waals surface area contributed by atoms with Crippen LogP contribution in [0.1, 0.15) is 65.9 Å².